The Labute approximate surface area is 111 Å². The van der Waals surface area contributed by atoms with Crippen LogP contribution >= 0.6 is 0 Å². The van der Waals surface area contributed by atoms with E-state index in [2.05, 4.69) is 22.0 Å². The molecule has 0 aromatic heterocycles. The lowest BCUT2D eigenvalue weighted by molar-refractivity contribution is -0.134. The van der Waals surface area contributed by atoms with Gasteiger partial charge in [-0.15, -0.1) is 0 Å². The van der Waals surface area contributed by atoms with Crippen molar-refractivity contribution in [2.24, 2.45) is 0 Å². The molecule has 0 spiro atoms. The minimum atomic E-state index is 0.339. The summed E-state index contributed by atoms with van der Waals surface area (Å²) in [6, 6.07) is 0.435. The van der Waals surface area contributed by atoms with Crippen molar-refractivity contribution in [3.05, 3.63) is 0 Å². The minimum absolute atomic E-state index is 0.339. The van der Waals surface area contributed by atoms with Crippen molar-refractivity contribution >= 4 is 5.91 Å². The normalized spacial score (nSPS) is 27.6. The fourth-order valence-electron chi connectivity index (χ4n) is 2.99. The van der Waals surface area contributed by atoms with Gasteiger partial charge in [0, 0.05) is 25.7 Å². The van der Waals surface area contributed by atoms with Gasteiger partial charge in [-0.3, -0.25) is 9.69 Å². The van der Waals surface area contributed by atoms with Crippen LogP contribution < -0.4 is 5.32 Å². The molecule has 2 aliphatic heterocycles. The molecule has 2 saturated heterocycles. The molecule has 2 aliphatic rings. The predicted molar refractivity (Wildman–Crippen MR) is 73.6 cm³/mol. The van der Waals surface area contributed by atoms with Gasteiger partial charge in [0.1, 0.15) is 0 Å². The maximum absolute atomic E-state index is 12.4. The quantitative estimate of drug-likeness (QED) is 0.800. The molecule has 1 unspecified atom stereocenters. The highest BCUT2D eigenvalue weighted by Crippen LogP contribution is 2.16. The van der Waals surface area contributed by atoms with Crippen LogP contribution in [0.25, 0.3) is 0 Å². The standard InChI is InChI=1S/C14H27N3O/c1-13-6-3-2-4-10-17(13)14(18)12-16-9-5-7-15-8-11-16/h13,15H,2-12H2,1H3. The number of hydrogen-bond donors (Lipinski definition) is 1. The lowest BCUT2D eigenvalue weighted by Crippen LogP contribution is -2.45. The van der Waals surface area contributed by atoms with Gasteiger partial charge in [-0.1, -0.05) is 12.8 Å². The number of hydrogen-bond acceptors (Lipinski definition) is 3. The van der Waals surface area contributed by atoms with E-state index < -0.39 is 0 Å². The van der Waals surface area contributed by atoms with E-state index in [4.69, 9.17) is 0 Å². The molecule has 0 bridgehead atoms. The summed E-state index contributed by atoms with van der Waals surface area (Å²) in [7, 11) is 0. The third kappa shape index (κ3) is 3.95. The monoisotopic (exact) mass is 253 g/mol. The van der Waals surface area contributed by atoms with Crippen molar-refractivity contribution in [1.82, 2.24) is 15.1 Å². The number of carbonyl (C=O) groups excluding carboxylic acids is 1. The van der Waals surface area contributed by atoms with Crippen LogP contribution in [0, 0.1) is 0 Å². The smallest absolute Gasteiger partial charge is 0.236 e. The molecule has 0 aliphatic carbocycles. The third-order valence-electron chi connectivity index (χ3n) is 4.16. The SMILES string of the molecule is CC1CCCCCN1C(=O)CN1CCCNCC1. The molecular weight excluding hydrogens is 226 g/mol. The maximum atomic E-state index is 12.4. The van der Waals surface area contributed by atoms with Gasteiger partial charge in [0.05, 0.1) is 6.54 Å². The van der Waals surface area contributed by atoms with Gasteiger partial charge in [-0.2, -0.15) is 0 Å². The second kappa shape index (κ2) is 7.10. The maximum Gasteiger partial charge on any atom is 0.236 e. The van der Waals surface area contributed by atoms with Crippen LogP contribution in [0.3, 0.4) is 0 Å². The van der Waals surface area contributed by atoms with Gasteiger partial charge in [-0.25, -0.2) is 0 Å². The molecule has 104 valence electrons. The molecule has 2 fully saturated rings. The Morgan fingerprint density at radius 1 is 1.11 bits per heavy atom. The number of carbonyl (C=O) groups is 1. The molecule has 1 N–H and O–H groups in total. The highest BCUT2D eigenvalue weighted by atomic mass is 16.2. The summed E-state index contributed by atoms with van der Waals surface area (Å²) < 4.78 is 0. The fraction of sp³-hybridized carbons (Fsp3) is 0.929. The summed E-state index contributed by atoms with van der Waals surface area (Å²) in [5.74, 6) is 0.339. The summed E-state index contributed by atoms with van der Waals surface area (Å²) in [6.45, 7) is 7.95. The molecule has 0 radical (unpaired) electrons. The first kappa shape index (κ1) is 13.8. The number of nitrogens with one attached hydrogen (secondary N) is 1. The molecule has 1 atom stereocenters. The summed E-state index contributed by atoms with van der Waals surface area (Å²) in [5, 5.41) is 3.38. The first-order chi connectivity index (χ1) is 8.77. The Hall–Kier alpha value is -0.610. The summed E-state index contributed by atoms with van der Waals surface area (Å²) >= 11 is 0. The molecule has 4 heteroatoms. The Morgan fingerprint density at radius 2 is 2.00 bits per heavy atom. The van der Waals surface area contributed by atoms with Crippen LogP contribution in [0.4, 0.5) is 0 Å². The molecule has 2 rings (SSSR count). The van der Waals surface area contributed by atoms with E-state index in [1.54, 1.807) is 0 Å². The van der Waals surface area contributed by atoms with Crippen molar-refractivity contribution in [2.45, 2.75) is 45.1 Å². The number of nitrogens with zero attached hydrogens (tertiary/aromatic N) is 2. The summed E-state index contributed by atoms with van der Waals surface area (Å²) in [5.41, 5.74) is 0. The van der Waals surface area contributed by atoms with Crippen molar-refractivity contribution in [1.29, 1.82) is 0 Å². The van der Waals surface area contributed by atoms with Gasteiger partial charge >= 0.3 is 0 Å². The average Bonchev–Trinajstić information content (AvgIpc) is 2.71. The van der Waals surface area contributed by atoms with Crippen molar-refractivity contribution in [3.8, 4) is 0 Å². The third-order valence-corrected chi connectivity index (χ3v) is 4.16. The zero-order chi connectivity index (χ0) is 12.8. The van der Waals surface area contributed by atoms with E-state index in [0.717, 1.165) is 39.1 Å². The molecule has 0 aromatic rings. The van der Waals surface area contributed by atoms with Crippen LogP contribution in [-0.2, 0) is 4.79 Å². The Morgan fingerprint density at radius 3 is 2.89 bits per heavy atom. The van der Waals surface area contributed by atoms with E-state index in [1.807, 2.05) is 0 Å². The van der Waals surface area contributed by atoms with Gasteiger partial charge in [0.2, 0.25) is 5.91 Å². The Balaban J connectivity index is 1.85. The highest BCUT2D eigenvalue weighted by Gasteiger charge is 2.23. The van der Waals surface area contributed by atoms with E-state index >= 15 is 0 Å². The number of rotatable bonds is 2. The van der Waals surface area contributed by atoms with Gasteiger partial charge < -0.3 is 10.2 Å². The second-order valence-corrected chi connectivity index (χ2v) is 5.67. The fourth-order valence-corrected chi connectivity index (χ4v) is 2.99. The second-order valence-electron chi connectivity index (χ2n) is 5.67. The van der Waals surface area contributed by atoms with Crippen molar-refractivity contribution < 1.29 is 4.79 Å². The zero-order valence-corrected chi connectivity index (χ0v) is 11.7. The number of amides is 1. The molecule has 18 heavy (non-hydrogen) atoms. The zero-order valence-electron chi connectivity index (χ0n) is 11.7. The molecular formula is C14H27N3O. The van der Waals surface area contributed by atoms with E-state index in [9.17, 15) is 4.79 Å². The summed E-state index contributed by atoms with van der Waals surface area (Å²) in [4.78, 5) is 16.8. The first-order valence-electron chi connectivity index (χ1n) is 7.50. The van der Waals surface area contributed by atoms with E-state index in [-0.39, 0.29) is 0 Å². The Kier molecular flexibility index (Phi) is 5.45. The average molecular weight is 253 g/mol. The van der Waals surface area contributed by atoms with Crippen molar-refractivity contribution in [3.63, 3.8) is 0 Å². The molecule has 1 amide bonds. The molecule has 4 nitrogen and oxygen atoms in total. The first-order valence-corrected chi connectivity index (χ1v) is 7.50. The highest BCUT2D eigenvalue weighted by molar-refractivity contribution is 5.78. The topological polar surface area (TPSA) is 35.6 Å². The van der Waals surface area contributed by atoms with Crippen LogP contribution in [-0.4, -0.2) is 61.0 Å². The van der Waals surface area contributed by atoms with Crippen LogP contribution in [0.5, 0.6) is 0 Å². The molecule has 0 saturated carbocycles. The van der Waals surface area contributed by atoms with Crippen molar-refractivity contribution in [2.75, 3.05) is 39.3 Å². The summed E-state index contributed by atoms with van der Waals surface area (Å²) in [6.07, 6.45) is 6.06. The number of likely N-dealkylation sites (tertiary alicyclic amines) is 1. The van der Waals surface area contributed by atoms with Crippen LogP contribution in [0.1, 0.15) is 39.0 Å². The van der Waals surface area contributed by atoms with Gasteiger partial charge in [-0.05, 0) is 39.3 Å². The largest absolute Gasteiger partial charge is 0.339 e. The minimum Gasteiger partial charge on any atom is -0.339 e. The molecule has 0 aromatic carbocycles. The van der Waals surface area contributed by atoms with Crippen LogP contribution in [0.2, 0.25) is 0 Å². The van der Waals surface area contributed by atoms with E-state index in [1.165, 1.54) is 25.7 Å². The van der Waals surface area contributed by atoms with Gasteiger partial charge in [0.25, 0.3) is 0 Å². The lowest BCUT2D eigenvalue weighted by atomic mass is 10.1. The van der Waals surface area contributed by atoms with Crippen LogP contribution in [0.15, 0.2) is 0 Å². The van der Waals surface area contributed by atoms with E-state index in [0.29, 0.717) is 18.5 Å². The Bertz CT molecular complexity index is 262. The van der Waals surface area contributed by atoms with Gasteiger partial charge in [0.15, 0.2) is 0 Å². The predicted octanol–water partition coefficient (Wildman–Crippen LogP) is 1.07. The molecule has 2 heterocycles. The lowest BCUT2D eigenvalue weighted by Gasteiger charge is -2.30.